The van der Waals surface area contributed by atoms with Gasteiger partial charge in [-0.15, -0.1) is 0 Å². The largest absolute Gasteiger partial charge is 0.493 e. The quantitative estimate of drug-likeness (QED) is 0.447. The summed E-state index contributed by atoms with van der Waals surface area (Å²) in [5, 5.41) is 8.80. The number of nitrogens with one attached hydrogen (secondary N) is 3. The minimum atomic E-state index is -4.43. The monoisotopic (exact) mass is 418 g/mol. The van der Waals surface area contributed by atoms with Crippen molar-refractivity contribution in [3.8, 4) is 11.5 Å². The summed E-state index contributed by atoms with van der Waals surface area (Å²) >= 11 is 0. The predicted octanol–water partition coefficient (Wildman–Crippen LogP) is 2.61. The molecule has 7 nitrogen and oxygen atoms in total. The summed E-state index contributed by atoms with van der Waals surface area (Å²) in [6.07, 6.45) is -4.43. The molecule has 0 heterocycles. The maximum atomic E-state index is 12.3. The molecule has 29 heavy (non-hydrogen) atoms. The van der Waals surface area contributed by atoms with Gasteiger partial charge in [0.1, 0.15) is 0 Å². The van der Waals surface area contributed by atoms with E-state index in [1.165, 1.54) is 13.2 Å². The second-order valence-corrected chi connectivity index (χ2v) is 7.24. The minimum Gasteiger partial charge on any atom is -0.493 e. The zero-order valence-electron chi connectivity index (χ0n) is 17.4. The number of methoxy groups -OCH3 is 1. The summed E-state index contributed by atoms with van der Waals surface area (Å²) in [7, 11) is 1.35. The van der Waals surface area contributed by atoms with Crippen LogP contribution in [-0.2, 0) is 11.3 Å². The summed E-state index contributed by atoms with van der Waals surface area (Å²) < 4.78 is 46.9. The fourth-order valence-corrected chi connectivity index (χ4v) is 2.23. The molecule has 0 spiro atoms. The lowest BCUT2D eigenvalue weighted by molar-refractivity contribution is -0.153. The molecule has 1 rings (SSSR count). The van der Waals surface area contributed by atoms with Gasteiger partial charge in [0.05, 0.1) is 20.2 Å². The first-order chi connectivity index (χ1) is 13.4. The van der Waals surface area contributed by atoms with E-state index in [0.717, 1.165) is 0 Å². The van der Waals surface area contributed by atoms with Crippen molar-refractivity contribution >= 4 is 11.9 Å². The van der Waals surface area contributed by atoms with Gasteiger partial charge in [-0.3, -0.25) is 4.79 Å². The molecule has 0 aliphatic heterocycles. The molecular weight excluding hydrogens is 389 g/mol. The molecule has 164 valence electrons. The van der Waals surface area contributed by atoms with E-state index in [-0.39, 0.29) is 36.0 Å². The van der Waals surface area contributed by atoms with Crippen LogP contribution in [0.3, 0.4) is 0 Å². The summed E-state index contributed by atoms with van der Waals surface area (Å²) in [5.41, 5.74) is 0.373. The van der Waals surface area contributed by atoms with Gasteiger partial charge in [-0.25, -0.2) is 4.99 Å². The molecule has 0 unspecified atom stereocenters. The van der Waals surface area contributed by atoms with Crippen LogP contribution in [0.5, 0.6) is 11.5 Å². The number of hydrogen-bond acceptors (Lipinski definition) is 4. The lowest BCUT2D eigenvalue weighted by Crippen LogP contribution is -2.48. The number of hydrogen-bond donors (Lipinski definition) is 3. The van der Waals surface area contributed by atoms with Gasteiger partial charge < -0.3 is 25.4 Å². The highest BCUT2D eigenvalue weighted by Gasteiger charge is 2.29. The first kappa shape index (κ1) is 24.4. The van der Waals surface area contributed by atoms with E-state index in [4.69, 9.17) is 9.47 Å². The van der Waals surface area contributed by atoms with E-state index in [1.54, 1.807) is 12.1 Å². The molecule has 0 saturated heterocycles. The Labute approximate surface area is 169 Å². The predicted molar refractivity (Wildman–Crippen MR) is 105 cm³/mol. The summed E-state index contributed by atoms with van der Waals surface area (Å²) in [6.45, 7) is 7.04. The third-order valence-electron chi connectivity index (χ3n) is 3.31. The zero-order valence-corrected chi connectivity index (χ0v) is 17.4. The van der Waals surface area contributed by atoms with Gasteiger partial charge in [0.25, 0.3) is 0 Å². The molecule has 3 N–H and O–H groups in total. The lowest BCUT2D eigenvalue weighted by Gasteiger charge is -2.21. The molecule has 0 saturated carbocycles. The van der Waals surface area contributed by atoms with Crippen LogP contribution in [0.25, 0.3) is 0 Å². The highest BCUT2D eigenvalue weighted by Crippen LogP contribution is 2.30. The Morgan fingerprint density at radius 2 is 1.83 bits per heavy atom. The minimum absolute atomic E-state index is 0.00133. The average molecular weight is 418 g/mol. The Hall–Kier alpha value is -2.65. The first-order valence-corrected chi connectivity index (χ1v) is 9.13. The fraction of sp³-hybridized carbons (Fsp3) is 0.579. The normalized spacial score (nSPS) is 12.3. The van der Waals surface area contributed by atoms with Gasteiger partial charge >= 0.3 is 6.18 Å². The van der Waals surface area contributed by atoms with Crippen molar-refractivity contribution in [2.75, 3.05) is 26.8 Å². The molecule has 1 aromatic carbocycles. The molecule has 0 aliphatic rings. The van der Waals surface area contributed by atoms with Crippen molar-refractivity contribution in [3.05, 3.63) is 23.8 Å². The van der Waals surface area contributed by atoms with Crippen LogP contribution in [-0.4, -0.2) is 50.4 Å². The van der Waals surface area contributed by atoms with Crippen molar-refractivity contribution in [1.82, 2.24) is 16.0 Å². The van der Waals surface area contributed by atoms with Crippen molar-refractivity contribution in [3.63, 3.8) is 0 Å². The van der Waals surface area contributed by atoms with Gasteiger partial charge in [0.15, 0.2) is 24.1 Å². The van der Waals surface area contributed by atoms with Crippen LogP contribution in [0.2, 0.25) is 0 Å². The Balaban J connectivity index is 2.76. The number of nitrogens with zero attached hydrogens (tertiary/aromatic N) is 1. The molecule has 0 aromatic heterocycles. The van der Waals surface area contributed by atoms with Crippen LogP contribution < -0.4 is 25.4 Å². The van der Waals surface area contributed by atoms with E-state index in [2.05, 4.69) is 20.9 Å². The first-order valence-electron chi connectivity index (χ1n) is 9.13. The molecular formula is C19H29F3N4O3. The van der Waals surface area contributed by atoms with E-state index < -0.39 is 12.8 Å². The number of benzene rings is 1. The number of alkyl halides is 3. The topological polar surface area (TPSA) is 84.0 Å². The molecule has 1 aromatic rings. The molecule has 0 bridgehead atoms. The SMILES string of the molecule is CCNC(=NCc1ccc(OCC(F)(F)F)c(OC)c1)NCC(=O)NC(C)(C)C. The molecule has 0 atom stereocenters. The van der Waals surface area contributed by atoms with Crippen LogP contribution in [0.15, 0.2) is 23.2 Å². The highest BCUT2D eigenvalue weighted by atomic mass is 19.4. The molecule has 1 amide bonds. The van der Waals surface area contributed by atoms with Crippen molar-refractivity contribution < 1.29 is 27.4 Å². The second kappa shape index (κ2) is 10.8. The summed E-state index contributed by atoms with van der Waals surface area (Å²) in [4.78, 5) is 16.3. The summed E-state index contributed by atoms with van der Waals surface area (Å²) in [6, 6.07) is 4.57. The van der Waals surface area contributed by atoms with E-state index in [9.17, 15) is 18.0 Å². The Morgan fingerprint density at radius 3 is 2.38 bits per heavy atom. The maximum absolute atomic E-state index is 12.3. The number of guanidine groups is 1. The summed E-state index contributed by atoms with van der Waals surface area (Å²) in [5.74, 6) is 0.453. The Kier molecular flexibility index (Phi) is 9.06. The molecule has 10 heteroatoms. The van der Waals surface area contributed by atoms with Crippen LogP contribution in [0.1, 0.15) is 33.3 Å². The van der Waals surface area contributed by atoms with Crippen molar-refractivity contribution in [1.29, 1.82) is 0 Å². The van der Waals surface area contributed by atoms with Gasteiger partial charge in [-0.05, 0) is 45.4 Å². The number of ether oxygens (including phenoxy) is 2. The maximum Gasteiger partial charge on any atom is 0.422 e. The third kappa shape index (κ3) is 10.5. The standard InChI is InChI=1S/C19H29F3N4O3/c1-6-23-17(25-11-16(27)26-18(2,3)4)24-10-13-7-8-14(15(9-13)28-5)29-12-19(20,21)22/h7-9H,6,10-12H2,1-5H3,(H,26,27)(H2,23,24,25). The Bertz CT molecular complexity index is 701. The van der Waals surface area contributed by atoms with Crippen molar-refractivity contribution in [2.45, 2.75) is 46.0 Å². The smallest absolute Gasteiger partial charge is 0.422 e. The van der Waals surface area contributed by atoms with Gasteiger partial charge in [-0.2, -0.15) is 13.2 Å². The number of rotatable bonds is 8. The van der Waals surface area contributed by atoms with Crippen LogP contribution in [0, 0.1) is 0 Å². The number of carbonyl (C=O) groups excluding carboxylic acids is 1. The number of carbonyl (C=O) groups is 1. The lowest BCUT2D eigenvalue weighted by atomic mass is 10.1. The van der Waals surface area contributed by atoms with Gasteiger partial charge in [-0.1, -0.05) is 6.07 Å². The van der Waals surface area contributed by atoms with E-state index in [0.29, 0.717) is 18.1 Å². The molecule has 0 aliphatic carbocycles. The Morgan fingerprint density at radius 1 is 1.14 bits per heavy atom. The molecule has 0 fully saturated rings. The third-order valence-corrected chi connectivity index (χ3v) is 3.31. The number of aliphatic imine (C=N–C) groups is 1. The molecule has 0 radical (unpaired) electrons. The number of amides is 1. The van der Waals surface area contributed by atoms with Gasteiger partial charge in [0.2, 0.25) is 5.91 Å². The van der Waals surface area contributed by atoms with Crippen LogP contribution >= 0.6 is 0 Å². The van der Waals surface area contributed by atoms with Gasteiger partial charge in [0, 0.05) is 12.1 Å². The fourth-order valence-electron chi connectivity index (χ4n) is 2.23. The van der Waals surface area contributed by atoms with E-state index in [1.807, 2.05) is 27.7 Å². The second-order valence-electron chi connectivity index (χ2n) is 7.24. The van der Waals surface area contributed by atoms with Crippen molar-refractivity contribution in [2.24, 2.45) is 4.99 Å². The number of halogens is 3. The average Bonchev–Trinajstić information content (AvgIpc) is 2.60. The van der Waals surface area contributed by atoms with E-state index >= 15 is 0 Å². The van der Waals surface area contributed by atoms with Crippen LogP contribution in [0.4, 0.5) is 13.2 Å². The highest BCUT2D eigenvalue weighted by molar-refractivity contribution is 5.86. The zero-order chi connectivity index (χ0) is 22.1.